The second-order valence-corrected chi connectivity index (χ2v) is 11.5. The highest BCUT2D eigenvalue weighted by atomic mass is 79.9. The molecule has 0 spiro atoms. The zero-order chi connectivity index (χ0) is 28.7. The van der Waals surface area contributed by atoms with E-state index >= 15 is 0 Å². The molecule has 4 aromatic rings. The Kier molecular flexibility index (Phi) is 7.27. The number of ether oxygens (including phenoxy) is 3. The Morgan fingerprint density at radius 3 is 2.63 bits per heavy atom. The predicted molar refractivity (Wildman–Crippen MR) is 162 cm³/mol. The largest absolute Gasteiger partial charge is 0.463 e. The van der Waals surface area contributed by atoms with Crippen LogP contribution in [0.4, 0.5) is 5.69 Å². The van der Waals surface area contributed by atoms with Crippen LogP contribution in [0, 0.1) is 0 Å². The second kappa shape index (κ2) is 11.0. The van der Waals surface area contributed by atoms with Gasteiger partial charge in [0, 0.05) is 24.1 Å². The Morgan fingerprint density at radius 2 is 1.90 bits per heavy atom. The number of hydrogen-bond acceptors (Lipinski definition) is 8. The van der Waals surface area contributed by atoms with Gasteiger partial charge in [-0.2, -0.15) is 0 Å². The normalized spacial score (nSPS) is 15.9. The molecule has 1 aromatic heterocycles. The molecule has 41 heavy (non-hydrogen) atoms. The molecule has 0 unspecified atom stereocenters. The van der Waals surface area contributed by atoms with Gasteiger partial charge in [-0.25, -0.2) is 9.79 Å². The van der Waals surface area contributed by atoms with Gasteiger partial charge in [-0.05, 0) is 64.3 Å². The molecule has 10 heteroatoms. The van der Waals surface area contributed by atoms with Crippen molar-refractivity contribution in [2.45, 2.75) is 13.0 Å². The summed E-state index contributed by atoms with van der Waals surface area (Å²) >= 11 is 4.92. The Balaban J connectivity index is 1.61. The van der Waals surface area contributed by atoms with Gasteiger partial charge < -0.3 is 19.1 Å². The van der Waals surface area contributed by atoms with E-state index < -0.39 is 12.0 Å². The fourth-order valence-corrected chi connectivity index (χ4v) is 6.72. The summed E-state index contributed by atoms with van der Waals surface area (Å²) in [7, 11) is 3.94. The van der Waals surface area contributed by atoms with E-state index in [1.54, 1.807) is 17.6 Å². The number of anilines is 1. The Labute approximate surface area is 248 Å². The van der Waals surface area contributed by atoms with E-state index in [2.05, 4.69) is 15.9 Å². The maximum absolute atomic E-state index is 14.1. The molecule has 2 aliphatic rings. The number of hydrogen-bond donors (Lipinski definition) is 0. The van der Waals surface area contributed by atoms with E-state index in [9.17, 15) is 9.59 Å². The monoisotopic (exact) mass is 631 g/mol. The zero-order valence-electron chi connectivity index (χ0n) is 22.6. The van der Waals surface area contributed by atoms with Crippen LogP contribution in [0.3, 0.4) is 0 Å². The van der Waals surface area contributed by atoms with E-state index in [1.165, 1.54) is 11.3 Å². The summed E-state index contributed by atoms with van der Waals surface area (Å²) in [5.74, 6) is 0.630. The molecule has 3 aromatic carbocycles. The first-order chi connectivity index (χ1) is 19.9. The highest BCUT2D eigenvalue weighted by Gasteiger charge is 2.36. The van der Waals surface area contributed by atoms with Gasteiger partial charge in [0.05, 0.1) is 34.1 Å². The lowest BCUT2D eigenvalue weighted by molar-refractivity contribution is -0.138. The summed E-state index contributed by atoms with van der Waals surface area (Å²) < 4.78 is 19.7. The molecule has 0 radical (unpaired) electrons. The van der Waals surface area contributed by atoms with E-state index in [4.69, 9.17) is 19.2 Å². The van der Waals surface area contributed by atoms with Crippen LogP contribution in [0.15, 0.2) is 86.6 Å². The Bertz CT molecular complexity index is 1880. The fourth-order valence-electron chi connectivity index (χ4n) is 4.97. The lowest BCUT2D eigenvalue weighted by Crippen LogP contribution is -2.40. The zero-order valence-corrected chi connectivity index (χ0v) is 25.0. The number of aromatic nitrogens is 1. The van der Waals surface area contributed by atoms with Gasteiger partial charge in [-0.1, -0.05) is 53.8 Å². The molecule has 0 N–H and O–H groups in total. The van der Waals surface area contributed by atoms with Crippen LogP contribution in [0.1, 0.15) is 29.7 Å². The van der Waals surface area contributed by atoms with Crippen LogP contribution in [0.2, 0.25) is 0 Å². The van der Waals surface area contributed by atoms with E-state index in [-0.39, 0.29) is 24.5 Å². The average molecular weight is 633 g/mol. The van der Waals surface area contributed by atoms with Crippen molar-refractivity contribution in [3.63, 3.8) is 0 Å². The molecule has 2 aliphatic heterocycles. The van der Waals surface area contributed by atoms with Crippen molar-refractivity contribution in [3.05, 3.63) is 113 Å². The van der Waals surface area contributed by atoms with E-state index in [0.717, 1.165) is 21.3 Å². The summed E-state index contributed by atoms with van der Waals surface area (Å²) in [6, 6.07) is 20.1. The highest BCUT2D eigenvalue weighted by molar-refractivity contribution is 9.10. The van der Waals surface area contributed by atoms with Gasteiger partial charge in [0.2, 0.25) is 6.79 Å². The smallest absolute Gasteiger partial charge is 0.338 e. The molecule has 0 bridgehead atoms. The summed E-state index contributed by atoms with van der Waals surface area (Å²) in [5.41, 5.74) is 3.83. The molecule has 0 saturated carbocycles. The van der Waals surface area contributed by atoms with Crippen molar-refractivity contribution in [2.24, 2.45) is 4.99 Å². The van der Waals surface area contributed by atoms with Gasteiger partial charge in [-0.15, -0.1) is 0 Å². The highest BCUT2D eigenvalue weighted by Crippen LogP contribution is 2.40. The summed E-state index contributed by atoms with van der Waals surface area (Å²) in [5, 5.41) is 0. The van der Waals surface area contributed by atoms with E-state index in [0.29, 0.717) is 32.1 Å². The van der Waals surface area contributed by atoms with Crippen molar-refractivity contribution < 1.29 is 19.0 Å². The SMILES string of the molecule is CCOC(=O)C1=C(c2ccccc2)N=c2s/c(=C/c3ccc(N(C)C)c(Br)c3)c(=O)n2[C@H]1c1ccc2c(c1)OCO2. The molecular weight excluding hydrogens is 606 g/mol. The van der Waals surface area contributed by atoms with Crippen molar-refractivity contribution in [3.8, 4) is 11.5 Å². The third kappa shape index (κ3) is 4.98. The number of esters is 1. The molecule has 208 valence electrons. The Morgan fingerprint density at radius 1 is 1.12 bits per heavy atom. The third-order valence-electron chi connectivity index (χ3n) is 6.84. The predicted octanol–water partition coefficient (Wildman–Crippen LogP) is 4.49. The molecule has 1 atom stereocenters. The van der Waals surface area contributed by atoms with Gasteiger partial charge in [0.15, 0.2) is 16.3 Å². The number of carbonyl (C=O) groups excluding carboxylic acids is 1. The minimum Gasteiger partial charge on any atom is -0.463 e. The first-order valence-electron chi connectivity index (χ1n) is 13.0. The summed E-state index contributed by atoms with van der Waals surface area (Å²) in [6.45, 7) is 2.05. The summed E-state index contributed by atoms with van der Waals surface area (Å²) in [4.78, 5) is 35.1. The first-order valence-corrected chi connectivity index (χ1v) is 14.6. The van der Waals surface area contributed by atoms with Gasteiger partial charge >= 0.3 is 5.97 Å². The number of carbonyl (C=O) groups is 1. The van der Waals surface area contributed by atoms with Crippen LogP contribution >= 0.6 is 27.3 Å². The van der Waals surface area contributed by atoms with Crippen LogP contribution in [-0.4, -0.2) is 38.0 Å². The number of rotatable bonds is 6. The quantitative estimate of drug-likeness (QED) is 0.292. The van der Waals surface area contributed by atoms with Crippen LogP contribution in [0.25, 0.3) is 11.8 Å². The molecule has 0 amide bonds. The topological polar surface area (TPSA) is 82.4 Å². The standard InChI is InChI=1S/C31H26BrN3O5S/c1-4-38-30(37)26-27(19-8-6-5-7-9-19)33-31-35(28(26)20-11-13-23-24(16-20)40-17-39-23)29(36)25(41-31)15-18-10-12-22(34(2)3)21(32)14-18/h5-16,28H,4,17H2,1-3H3/b25-15+/t28-/m0/s1. The molecular formula is C31H26BrN3O5S. The maximum atomic E-state index is 14.1. The summed E-state index contributed by atoms with van der Waals surface area (Å²) in [6.07, 6.45) is 1.85. The van der Waals surface area contributed by atoms with Crippen molar-refractivity contribution >= 4 is 50.7 Å². The van der Waals surface area contributed by atoms with Gasteiger partial charge in [0.1, 0.15) is 0 Å². The Hall–Kier alpha value is -4.15. The molecule has 0 fully saturated rings. The maximum Gasteiger partial charge on any atom is 0.338 e. The minimum atomic E-state index is -0.792. The number of fused-ring (bicyclic) bond motifs is 2. The number of benzene rings is 3. The molecule has 0 saturated heterocycles. The van der Waals surface area contributed by atoms with Crippen LogP contribution in [0.5, 0.6) is 11.5 Å². The lowest BCUT2D eigenvalue weighted by Gasteiger charge is -2.26. The van der Waals surface area contributed by atoms with Crippen molar-refractivity contribution in [1.29, 1.82) is 0 Å². The van der Waals surface area contributed by atoms with Crippen LogP contribution in [-0.2, 0) is 9.53 Å². The fraction of sp³-hybridized carbons (Fsp3) is 0.194. The average Bonchev–Trinajstić information content (AvgIpc) is 3.56. The van der Waals surface area contributed by atoms with Crippen LogP contribution < -0.4 is 29.3 Å². The number of nitrogens with zero attached hydrogens (tertiary/aromatic N) is 3. The number of thiazole rings is 1. The van der Waals surface area contributed by atoms with Crippen molar-refractivity contribution in [1.82, 2.24) is 4.57 Å². The van der Waals surface area contributed by atoms with Gasteiger partial charge in [0.25, 0.3) is 5.56 Å². The lowest BCUT2D eigenvalue weighted by atomic mass is 9.93. The molecule has 8 nitrogen and oxygen atoms in total. The van der Waals surface area contributed by atoms with E-state index in [1.807, 2.05) is 85.7 Å². The van der Waals surface area contributed by atoms with Crippen molar-refractivity contribution in [2.75, 3.05) is 32.4 Å². The second-order valence-electron chi connectivity index (χ2n) is 9.65. The molecule has 0 aliphatic carbocycles. The molecule has 6 rings (SSSR count). The minimum absolute atomic E-state index is 0.111. The van der Waals surface area contributed by atoms with Gasteiger partial charge in [-0.3, -0.25) is 9.36 Å². The number of halogens is 1. The molecule has 3 heterocycles. The third-order valence-corrected chi connectivity index (χ3v) is 8.46. The first kappa shape index (κ1) is 27.0.